The maximum absolute atomic E-state index is 11.8. The minimum Gasteiger partial charge on any atom is -0.484 e. The number of hydrogen-bond donors (Lipinski definition) is 1. The summed E-state index contributed by atoms with van der Waals surface area (Å²) >= 11 is 5.79. The van der Waals surface area contributed by atoms with Crippen molar-refractivity contribution in [3.05, 3.63) is 64.2 Å². The van der Waals surface area contributed by atoms with Crippen molar-refractivity contribution in [3.63, 3.8) is 0 Å². The second-order valence-electron chi connectivity index (χ2n) is 5.27. The van der Waals surface area contributed by atoms with Crippen LogP contribution < -0.4 is 10.2 Å². The Kier molecular flexibility index (Phi) is 5.77. The smallest absolute Gasteiger partial charge is 0.277 e. The van der Waals surface area contributed by atoms with Crippen molar-refractivity contribution >= 4 is 23.2 Å². The van der Waals surface area contributed by atoms with E-state index in [0.717, 1.165) is 11.3 Å². The first-order valence-electron chi connectivity index (χ1n) is 7.25. The summed E-state index contributed by atoms with van der Waals surface area (Å²) in [5, 5.41) is 4.73. The van der Waals surface area contributed by atoms with Gasteiger partial charge in [0.25, 0.3) is 5.91 Å². The average Bonchev–Trinajstić information content (AvgIpc) is 2.54. The van der Waals surface area contributed by atoms with E-state index < -0.39 is 0 Å². The van der Waals surface area contributed by atoms with E-state index in [9.17, 15) is 4.79 Å². The first-order valence-corrected chi connectivity index (χ1v) is 7.62. The molecule has 0 aliphatic heterocycles. The van der Waals surface area contributed by atoms with Crippen LogP contribution in [0.4, 0.5) is 0 Å². The third-order valence-electron chi connectivity index (χ3n) is 3.46. The number of carbonyl (C=O) groups is 1. The Balaban J connectivity index is 1.89. The third kappa shape index (κ3) is 5.11. The molecule has 0 atom stereocenters. The van der Waals surface area contributed by atoms with Gasteiger partial charge in [0.05, 0.1) is 5.71 Å². The zero-order chi connectivity index (χ0) is 16.8. The number of nitrogens with zero attached hydrogens (tertiary/aromatic N) is 1. The van der Waals surface area contributed by atoms with E-state index in [1.165, 1.54) is 11.1 Å². The van der Waals surface area contributed by atoms with Crippen LogP contribution in [-0.4, -0.2) is 18.2 Å². The molecular formula is C18H19ClN2O2. The second kappa shape index (κ2) is 7.79. The third-order valence-corrected chi connectivity index (χ3v) is 3.71. The highest BCUT2D eigenvalue weighted by Gasteiger charge is 2.04. The fourth-order valence-electron chi connectivity index (χ4n) is 1.89. The van der Waals surface area contributed by atoms with Crippen molar-refractivity contribution in [1.82, 2.24) is 5.43 Å². The summed E-state index contributed by atoms with van der Waals surface area (Å²) in [6.07, 6.45) is 0. The fourth-order valence-corrected chi connectivity index (χ4v) is 2.02. The van der Waals surface area contributed by atoms with Crippen molar-refractivity contribution < 1.29 is 9.53 Å². The van der Waals surface area contributed by atoms with Crippen molar-refractivity contribution in [3.8, 4) is 5.75 Å². The molecule has 0 aliphatic carbocycles. The lowest BCUT2D eigenvalue weighted by molar-refractivity contribution is -0.123. The number of hydrazone groups is 1. The molecule has 0 saturated heterocycles. The SMILES string of the molecule is C/C(=N\NC(=O)COc1ccc(Cl)cc1)c1ccc(C)c(C)c1. The summed E-state index contributed by atoms with van der Waals surface area (Å²) < 4.78 is 5.36. The molecule has 2 aromatic carbocycles. The Labute approximate surface area is 141 Å². The Bertz CT molecular complexity index is 724. The molecule has 0 fully saturated rings. The number of ether oxygens (including phenoxy) is 1. The summed E-state index contributed by atoms with van der Waals surface area (Å²) in [5.41, 5.74) is 6.63. The maximum atomic E-state index is 11.8. The molecule has 4 nitrogen and oxygen atoms in total. The average molecular weight is 331 g/mol. The van der Waals surface area contributed by atoms with Gasteiger partial charge in [-0.25, -0.2) is 5.43 Å². The number of hydrogen-bond acceptors (Lipinski definition) is 3. The number of carbonyl (C=O) groups excluding carboxylic acids is 1. The minimum atomic E-state index is -0.317. The van der Waals surface area contributed by atoms with Gasteiger partial charge < -0.3 is 4.74 Å². The molecule has 0 aliphatic rings. The summed E-state index contributed by atoms with van der Waals surface area (Å²) in [5.74, 6) is 0.266. The second-order valence-corrected chi connectivity index (χ2v) is 5.71. The van der Waals surface area contributed by atoms with E-state index in [1.807, 2.05) is 32.0 Å². The van der Waals surface area contributed by atoms with Gasteiger partial charge >= 0.3 is 0 Å². The van der Waals surface area contributed by atoms with E-state index in [1.54, 1.807) is 24.3 Å². The lowest BCUT2D eigenvalue weighted by Gasteiger charge is -2.07. The van der Waals surface area contributed by atoms with Gasteiger partial charge in [-0.2, -0.15) is 5.10 Å². The largest absolute Gasteiger partial charge is 0.484 e. The van der Waals surface area contributed by atoms with Crippen LogP contribution in [0.3, 0.4) is 0 Å². The molecular weight excluding hydrogens is 312 g/mol. The normalized spacial score (nSPS) is 11.2. The highest BCUT2D eigenvalue weighted by Crippen LogP contribution is 2.15. The molecule has 2 rings (SSSR count). The standard InChI is InChI=1S/C18H19ClN2O2/c1-12-4-5-15(10-13(12)2)14(3)20-21-18(22)11-23-17-8-6-16(19)7-9-17/h4-10H,11H2,1-3H3,(H,21,22)/b20-14+. The lowest BCUT2D eigenvalue weighted by atomic mass is 10.0. The van der Waals surface area contributed by atoms with Crippen LogP contribution in [0.15, 0.2) is 47.6 Å². The van der Waals surface area contributed by atoms with Crippen molar-refractivity contribution in [2.75, 3.05) is 6.61 Å². The minimum absolute atomic E-state index is 0.106. The van der Waals surface area contributed by atoms with Gasteiger partial charge in [0.15, 0.2) is 6.61 Å². The molecule has 0 saturated carbocycles. The van der Waals surface area contributed by atoms with Crippen LogP contribution in [0.25, 0.3) is 0 Å². The van der Waals surface area contributed by atoms with E-state index >= 15 is 0 Å². The molecule has 1 amide bonds. The highest BCUT2D eigenvalue weighted by molar-refractivity contribution is 6.30. The molecule has 0 aromatic heterocycles. The topological polar surface area (TPSA) is 50.7 Å². The van der Waals surface area contributed by atoms with Crippen LogP contribution in [0.2, 0.25) is 5.02 Å². The quantitative estimate of drug-likeness (QED) is 0.668. The van der Waals surface area contributed by atoms with Gasteiger partial charge in [0.2, 0.25) is 0 Å². The Morgan fingerprint density at radius 2 is 1.83 bits per heavy atom. The van der Waals surface area contributed by atoms with Crippen LogP contribution in [-0.2, 0) is 4.79 Å². The van der Waals surface area contributed by atoms with E-state index in [2.05, 4.69) is 17.5 Å². The summed E-state index contributed by atoms with van der Waals surface area (Å²) in [7, 11) is 0. The van der Waals surface area contributed by atoms with Gasteiger partial charge in [-0.3, -0.25) is 4.79 Å². The van der Waals surface area contributed by atoms with Crippen LogP contribution in [0.5, 0.6) is 5.75 Å². The molecule has 0 heterocycles. The van der Waals surface area contributed by atoms with Gasteiger partial charge in [-0.1, -0.05) is 23.7 Å². The molecule has 5 heteroatoms. The maximum Gasteiger partial charge on any atom is 0.277 e. The van der Waals surface area contributed by atoms with E-state index in [0.29, 0.717) is 10.8 Å². The summed E-state index contributed by atoms with van der Waals surface area (Å²) in [6, 6.07) is 12.9. The monoisotopic (exact) mass is 330 g/mol. The number of aryl methyl sites for hydroxylation is 2. The van der Waals surface area contributed by atoms with E-state index in [-0.39, 0.29) is 12.5 Å². The van der Waals surface area contributed by atoms with Crippen LogP contribution >= 0.6 is 11.6 Å². The van der Waals surface area contributed by atoms with Crippen LogP contribution in [0, 0.1) is 13.8 Å². The summed E-state index contributed by atoms with van der Waals surface area (Å²) in [6.45, 7) is 5.85. The molecule has 0 unspecified atom stereocenters. The van der Waals surface area contributed by atoms with Gasteiger partial charge in [0, 0.05) is 5.02 Å². The van der Waals surface area contributed by atoms with Gasteiger partial charge in [-0.15, -0.1) is 0 Å². The number of nitrogens with one attached hydrogen (secondary N) is 1. The first kappa shape index (κ1) is 17.0. The first-order chi connectivity index (χ1) is 11.0. The van der Waals surface area contributed by atoms with Crippen molar-refractivity contribution in [2.45, 2.75) is 20.8 Å². The summed E-state index contributed by atoms with van der Waals surface area (Å²) in [4.78, 5) is 11.8. The molecule has 0 radical (unpaired) electrons. The van der Waals surface area contributed by atoms with Crippen molar-refractivity contribution in [2.24, 2.45) is 5.10 Å². The van der Waals surface area contributed by atoms with Gasteiger partial charge in [-0.05, 0) is 67.8 Å². The lowest BCUT2D eigenvalue weighted by Crippen LogP contribution is -2.25. The molecule has 23 heavy (non-hydrogen) atoms. The predicted molar refractivity (Wildman–Crippen MR) is 93.2 cm³/mol. The molecule has 2 aromatic rings. The van der Waals surface area contributed by atoms with Crippen LogP contribution in [0.1, 0.15) is 23.6 Å². The van der Waals surface area contributed by atoms with E-state index in [4.69, 9.17) is 16.3 Å². The Morgan fingerprint density at radius 3 is 2.48 bits per heavy atom. The van der Waals surface area contributed by atoms with Gasteiger partial charge in [0.1, 0.15) is 5.75 Å². The molecule has 1 N–H and O–H groups in total. The highest BCUT2D eigenvalue weighted by atomic mass is 35.5. The zero-order valence-corrected chi connectivity index (χ0v) is 14.1. The number of rotatable bonds is 5. The Morgan fingerprint density at radius 1 is 1.13 bits per heavy atom. The molecule has 120 valence electrons. The molecule has 0 bridgehead atoms. The predicted octanol–water partition coefficient (Wildman–Crippen LogP) is 3.88. The number of benzene rings is 2. The van der Waals surface area contributed by atoms with Crippen molar-refractivity contribution in [1.29, 1.82) is 0 Å². The number of halogens is 1. The Hall–Kier alpha value is -2.33. The zero-order valence-electron chi connectivity index (χ0n) is 13.4. The fraction of sp³-hybridized carbons (Fsp3) is 0.222. The number of amides is 1. The molecule has 0 spiro atoms.